The molecule has 146 valence electrons. The Morgan fingerprint density at radius 2 is 2.25 bits per heavy atom. The lowest BCUT2D eigenvalue weighted by molar-refractivity contribution is 0.102. The molecule has 1 aromatic carbocycles. The minimum absolute atomic E-state index is 0.261. The van der Waals surface area contributed by atoms with E-state index in [4.69, 9.17) is 0 Å². The average Bonchev–Trinajstić information content (AvgIpc) is 3.43. The lowest BCUT2D eigenvalue weighted by Gasteiger charge is -2.10. The van der Waals surface area contributed by atoms with Crippen molar-refractivity contribution < 1.29 is 4.79 Å². The molecule has 3 aromatic rings. The number of benzene rings is 1. The van der Waals surface area contributed by atoms with E-state index in [0.29, 0.717) is 10.8 Å². The number of hydrogen-bond donors (Lipinski definition) is 2. The molecule has 1 fully saturated rings. The highest BCUT2D eigenvalue weighted by Crippen LogP contribution is 2.23. The Hall–Kier alpha value is -2.58. The molecule has 1 unspecified atom stereocenters. The first-order chi connectivity index (χ1) is 13.6. The van der Waals surface area contributed by atoms with Gasteiger partial charge in [0.2, 0.25) is 0 Å². The van der Waals surface area contributed by atoms with Gasteiger partial charge in [-0.05, 0) is 37.4 Å². The zero-order valence-electron chi connectivity index (χ0n) is 16.1. The van der Waals surface area contributed by atoms with Crippen LogP contribution in [0.25, 0.3) is 0 Å². The molecule has 7 nitrogen and oxygen atoms in total. The molecule has 1 aliphatic heterocycles. The Balaban J connectivity index is 1.43. The van der Waals surface area contributed by atoms with Gasteiger partial charge in [-0.2, -0.15) is 0 Å². The van der Waals surface area contributed by atoms with E-state index < -0.39 is 0 Å². The number of amides is 1. The maximum atomic E-state index is 12.6. The predicted octanol–water partition coefficient (Wildman–Crippen LogP) is 2.98. The molecule has 1 amide bonds. The van der Waals surface area contributed by atoms with Crippen molar-refractivity contribution in [2.45, 2.75) is 39.2 Å². The highest BCUT2D eigenvalue weighted by Gasteiger charge is 2.24. The van der Waals surface area contributed by atoms with Gasteiger partial charge < -0.3 is 5.32 Å². The minimum atomic E-state index is -0.261. The third kappa shape index (κ3) is 3.98. The lowest BCUT2D eigenvalue weighted by Crippen LogP contribution is -2.17. The van der Waals surface area contributed by atoms with Gasteiger partial charge in [0.25, 0.3) is 5.91 Å². The van der Waals surface area contributed by atoms with Crippen molar-refractivity contribution in [1.29, 1.82) is 0 Å². The number of nitrogens with one attached hydrogen (secondary N) is 2. The zero-order chi connectivity index (χ0) is 19.5. The van der Waals surface area contributed by atoms with E-state index in [0.717, 1.165) is 42.9 Å². The smallest absolute Gasteiger partial charge is 0.279 e. The third-order valence-electron chi connectivity index (χ3n) is 5.07. The molecular weight excluding hydrogens is 372 g/mol. The molecule has 4 rings (SSSR count). The van der Waals surface area contributed by atoms with Gasteiger partial charge in [-0.3, -0.25) is 10.1 Å². The molecule has 28 heavy (non-hydrogen) atoms. The predicted molar refractivity (Wildman–Crippen MR) is 110 cm³/mol. The molecular formula is C20H24N6OS. The number of rotatable bonds is 6. The Morgan fingerprint density at radius 1 is 1.39 bits per heavy atom. The molecule has 1 aliphatic rings. The first-order valence-corrected chi connectivity index (χ1v) is 10.4. The van der Waals surface area contributed by atoms with E-state index in [9.17, 15) is 4.79 Å². The number of carbonyl (C=O) groups excluding carboxylic acids is 1. The van der Waals surface area contributed by atoms with Crippen molar-refractivity contribution in [3.05, 3.63) is 57.9 Å². The van der Waals surface area contributed by atoms with Gasteiger partial charge >= 0.3 is 0 Å². The molecule has 3 heterocycles. The third-order valence-corrected chi connectivity index (χ3v) is 5.99. The Labute approximate surface area is 168 Å². The van der Waals surface area contributed by atoms with Crippen LogP contribution in [0.1, 0.15) is 51.6 Å². The van der Waals surface area contributed by atoms with Crippen molar-refractivity contribution in [3.63, 3.8) is 0 Å². The van der Waals surface area contributed by atoms with Gasteiger partial charge in [0, 0.05) is 24.0 Å². The van der Waals surface area contributed by atoms with Crippen molar-refractivity contribution in [3.8, 4) is 0 Å². The van der Waals surface area contributed by atoms with E-state index in [-0.39, 0.29) is 11.9 Å². The number of anilines is 1. The number of aryl methyl sites for hydroxylation is 1. The zero-order valence-corrected chi connectivity index (χ0v) is 16.9. The monoisotopic (exact) mass is 396 g/mol. The van der Waals surface area contributed by atoms with Crippen LogP contribution in [0, 0.1) is 6.92 Å². The Morgan fingerprint density at radius 3 is 3.04 bits per heavy atom. The molecule has 0 bridgehead atoms. The molecule has 2 N–H and O–H groups in total. The molecule has 0 aliphatic carbocycles. The molecule has 0 radical (unpaired) electrons. The fraction of sp³-hybridized carbons (Fsp3) is 0.400. The van der Waals surface area contributed by atoms with Crippen molar-refractivity contribution in [2.24, 2.45) is 0 Å². The van der Waals surface area contributed by atoms with Crippen molar-refractivity contribution in [2.75, 3.05) is 18.4 Å². The summed E-state index contributed by atoms with van der Waals surface area (Å²) in [6.07, 6.45) is 4.66. The van der Waals surface area contributed by atoms with Crippen molar-refractivity contribution in [1.82, 2.24) is 25.3 Å². The summed E-state index contributed by atoms with van der Waals surface area (Å²) in [5.41, 5.74) is 3.73. The fourth-order valence-corrected chi connectivity index (χ4v) is 4.35. The van der Waals surface area contributed by atoms with Crippen LogP contribution in [0.3, 0.4) is 0 Å². The first kappa shape index (κ1) is 18.8. The summed E-state index contributed by atoms with van der Waals surface area (Å²) in [6.45, 7) is 5.87. The summed E-state index contributed by atoms with van der Waals surface area (Å²) in [6, 6.07) is 8.83. The number of thiazole rings is 1. The molecule has 1 atom stereocenters. The lowest BCUT2D eigenvalue weighted by atomic mass is 10.1. The Bertz CT molecular complexity index is 973. The van der Waals surface area contributed by atoms with Crippen LogP contribution in [0.4, 0.5) is 5.13 Å². The van der Waals surface area contributed by atoms with Gasteiger partial charge in [-0.1, -0.05) is 36.4 Å². The Kier molecular flexibility index (Phi) is 5.50. The van der Waals surface area contributed by atoms with Gasteiger partial charge in [0.15, 0.2) is 10.8 Å². The summed E-state index contributed by atoms with van der Waals surface area (Å²) in [5, 5.41) is 15.1. The normalized spacial score (nSPS) is 16.4. The van der Waals surface area contributed by atoms with Crippen LogP contribution < -0.4 is 10.6 Å². The molecule has 0 spiro atoms. The van der Waals surface area contributed by atoms with Crippen LogP contribution in [-0.2, 0) is 12.8 Å². The van der Waals surface area contributed by atoms with Gasteiger partial charge in [0.1, 0.15) is 0 Å². The number of carbonyl (C=O) groups is 1. The van der Waals surface area contributed by atoms with E-state index in [1.165, 1.54) is 22.5 Å². The second-order valence-electron chi connectivity index (χ2n) is 7.05. The summed E-state index contributed by atoms with van der Waals surface area (Å²) in [7, 11) is 0. The maximum absolute atomic E-state index is 12.6. The largest absolute Gasteiger partial charge is 0.315 e. The first-order valence-electron chi connectivity index (χ1n) is 9.60. The summed E-state index contributed by atoms with van der Waals surface area (Å²) in [4.78, 5) is 18.1. The fourth-order valence-electron chi connectivity index (χ4n) is 3.51. The second kappa shape index (κ2) is 8.20. The van der Waals surface area contributed by atoms with E-state index >= 15 is 0 Å². The van der Waals surface area contributed by atoms with Gasteiger partial charge in [-0.25, -0.2) is 9.67 Å². The van der Waals surface area contributed by atoms with Crippen LogP contribution in [0.15, 0.2) is 30.5 Å². The van der Waals surface area contributed by atoms with E-state index in [2.05, 4.69) is 57.1 Å². The van der Waals surface area contributed by atoms with E-state index in [1.54, 1.807) is 0 Å². The molecule has 2 aromatic heterocycles. The molecule has 8 heteroatoms. The number of hydrogen-bond acceptors (Lipinski definition) is 6. The summed E-state index contributed by atoms with van der Waals surface area (Å²) < 4.78 is 1.85. The van der Waals surface area contributed by atoms with Crippen molar-refractivity contribution >= 4 is 22.4 Å². The summed E-state index contributed by atoms with van der Waals surface area (Å²) >= 11 is 1.49. The van der Waals surface area contributed by atoms with Crippen LogP contribution in [-0.4, -0.2) is 39.0 Å². The van der Waals surface area contributed by atoms with Gasteiger partial charge in [0.05, 0.1) is 11.7 Å². The number of aromatic nitrogens is 4. The topological polar surface area (TPSA) is 84.7 Å². The maximum Gasteiger partial charge on any atom is 0.279 e. The minimum Gasteiger partial charge on any atom is -0.315 e. The van der Waals surface area contributed by atoms with E-state index in [1.807, 2.05) is 17.8 Å². The summed E-state index contributed by atoms with van der Waals surface area (Å²) in [5.74, 6) is -0.261. The SMILES string of the molecule is CCc1cccc(Cc2cnc(NC(=O)c3nnn(C4CCNC4)c3C)s2)c1. The standard InChI is InChI=1S/C20H24N6OS/c1-3-14-5-4-6-15(9-14)10-17-12-22-20(28-17)23-19(27)18-13(2)26(25-24-18)16-7-8-21-11-16/h4-6,9,12,16,21H,3,7-8,10-11H2,1-2H3,(H,22,23,27). The van der Waals surface area contributed by atoms with Crippen LogP contribution in [0.2, 0.25) is 0 Å². The van der Waals surface area contributed by atoms with Gasteiger partial charge in [-0.15, -0.1) is 16.4 Å². The van der Waals surface area contributed by atoms with Crippen LogP contribution in [0.5, 0.6) is 0 Å². The molecule has 1 saturated heterocycles. The molecule has 0 saturated carbocycles. The average molecular weight is 397 g/mol. The number of nitrogens with zero attached hydrogens (tertiary/aromatic N) is 4. The van der Waals surface area contributed by atoms with Crippen LogP contribution >= 0.6 is 11.3 Å². The highest BCUT2D eigenvalue weighted by molar-refractivity contribution is 7.15. The second-order valence-corrected chi connectivity index (χ2v) is 8.17. The highest BCUT2D eigenvalue weighted by atomic mass is 32.1. The quantitative estimate of drug-likeness (QED) is 0.669.